The average Bonchev–Trinajstić information content (AvgIpc) is 3.31. The van der Waals surface area contributed by atoms with Gasteiger partial charge < -0.3 is 14.4 Å². The zero-order valence-electron chi connectivity index (χ0n) is 16.0. The normalized spacial score (nSPS) is 19.6. The van der Waals surface area contributed by atoms with Crippen molar-refractivity contribution >= 4 is 16.9 Å². The third kappa shape index (κ3) is 3.02. The maximum Gasteiger partial charge on any atom is 0.319 e. The smallest absolute Gasteiger partial charge is 0.319 e. The highest BCUT2D eigenvalue weighted by Crippen LogP contribution is 2.37. The topological polar surface area (TPSA) is 91.1 Å². The summed E-state index contributed by atoms with van der Waals surface area (Å²) in [4.78, 5) is 19.6. The van der Waals surface area contributed by atoms with Crippen LogP contribution in [0, 0.1) is 5.41 Å². The Morgan fingerprint density at radius 1 is 1.19 bits per heavy atom. The lowest BCUT2D eigenvalue weighted by atomic mass is 9.87. The molecule has 0 amide bonds. The monoisotopic (exact) mass is 369 g/mol. The van der Waals surface area contributed by atoms with E-state index in [0.29, 0.717) is 22.6 Å². The molecule has 0 radical (unpaired) electrons. The van der Waals surface area contributed by atoms with Gasteiger partial charge in [-0.05, 0) is 18.3 Å². The Morgan fingerprint density at radius 2 is 2.04 bits per heavy atom. The first-order valence-electron chi connectivity index (χ1n) is 8.97. The largest absolute Gasteiger partial charge is 0.479 e. The van der Waals surface area contributed by atoms with Crippen LogP contribution in [0.25, 0.3) is 16.7 Å². The third-order valence-electron chi connectivity index (χ3n) is 5.34. The second-order valence-corrected chi connectivity index (χ2v) is 7.10. The molecule has 1 fully saturated rings. The molecule has 4 heterocycles. The summed E-state index contributed by atoms with van der Waals surface area (Å²) in [6.45, 7) is 6.54. The fourth-order valence-electron chi connectivity index (χ4n) is 3.44. The molecular formula is C18H23N7O2. The first kappa shape index (κ1) is 17.4. The van der Waals surface area contributed by atoms with E-state index < -0.39 is 0 Å². The highest BCUT2D eigenvalue weighted by atomic mass is 16.5. The van der Waals surface area contributed by atoms with Crippen LogP contribution in [-0.4, -0.2) is 57.0 Å². The first-order chi connectivity index (χ1) is 13.1. The highest BCUT2D eigenvalue weighted by Gasteiger charge is 2.33. The SMILES string of the molecule is CCC1(C)CCN(c2ncnc3nn(-c4cnc(OC)nc4OC)cc23)C1. The van der Waals surface area contributed by atoms with E-state index in [1.807, 2.05) is 6.20 Å². The van der Waals surface area contributed by atoms with E-state index in [1.165, 1.54) is 7.11 Å². The molecule has 1 aliphatic heterocycles. The van der Waals surface area contributed by atoms with Crippen LogP contribution in [0.15, 0.2) is 18.7 Å². The molecule has 0 spiro atoms. The van der Waals surface area contributed by atoms with E-state index in [1.54, 1.807) is 24.3 Å². The van der Waals surface area contributed by atoms with E-state index >= 15 is 0 Å². The van der Waals surface area contributed by atoms with Crippen LogP contribution < -0.4 is 14.4 Å². The molecule has 0 N–H and O–H groups in total. The van der Waals surface area contributed by atoms with Crippen molar-refractivity contribution in [2.45, 2.75) is 26.7 Å². The van der Waals surface area contributed by atoms with Gasteiger partial charge in [-0.25, -0.2) is 19.6 Å². The van der Waals surface area contributed by atoms with Crippen molar-refractivity contribution in [1.82, 2.24) is 29.7 Å². The fraction of sp³-hybridized carbons (Fsp3) is 0.500. The minimum Gasteiger partial charge on any atom is -0.479 e. The van der Waals surface area contributed by atoms with Crippen LogP contribution in [-0.2, 0) is 0 Å². The van der Waals surface area contributed by atoms with Crippen molar-refractivity contribution in [3.8, 4) is 17.6 Å². The first-order valence-corrected chi connectivity index (χ1v) is 8.97. The van der Waals surface area contributed by atoms with Crippen LogP contribution in [0.4, 0.5) is 5.82 Å². The number of aromatic nitrogens is 6. The van der Waals surface area contributed by atoms with E-state index in [-0.39, 0.29) is 6.01 Å². The molecule has 1 atom stereocenters. The van der Waals surface area contributed by atoms with Crippen molar-refractivity contribution in [2.24, 2.45) is 5.41 Å². The maximum absolute atomic E-state index is 5.37. The van der Waals surface area contributed by atoms with Gasteiger partial charge in [0, 0.05) is 19.3 Å². The number of ether oxygens (including phenoxy) is 2. The molecule has 4 rings (SSSR count). The Hall–Kier alpha value is -2.97. The molecule has 1 saturated heterocycles. The van der Waals surface area contributed by atoms with Gasteiger partial charge in [0.1, 0.15) is 17.8 Å². The summed E-state index contributed by atoms with van der Waals surface area (Å²) >= 11 is 0. The Labute approximate surface area is 157 Å². The summed E-state index contributed by atoms with van der Waals surface area (Å²) in [5.74, 6) is 1.29. The van der Waals surface area contributed by atoms with Crippen LogP contribution in [0.5, 0.6) is 11.9 Å². The predicted octanol–water partition coefficient (Wildman–Crippen LogP) is 2.25. The lowest BCUT2D eigenvalue weighted by Crippen LogP contribution is -2.25. The molecule has 3 aromatic heterocycles. The van der Waals surface area contributed by atoms with Crippen molar-refractivity contribution in [1.29, 1.82) is 0 Å². The van der Waals surface area contributed by atoms with E-state index in [9.17, 15) is 0 Å². The Bertz CT molecular complexity index is 973. The van der Waals surface area contributed by atoms with Gasteiger partial charge in [-0.3, -0.25) is 0 Å². The third-order valence-corrected chi connectivity index (χ3v) is 5.34. The number of hydrogen-bond acceptors (Lipinski definition) is 8. The van der Waals surface area contributed by atoms with Crippen molar-refractivity contribution in [3.05, 3.63) is 18.7 Å². The number of methoxy groups -OCH3 is 2. The molecule has 0 aromatic carbocycles. The minimum atomic E-state index is 0.240. The van der Waals surface area contributed by atoms with Gasteiger partial charge in [0.15, 0.2) is 5.65 Å². The second kappa shape index (κ2) is 6.64. The molecule has 142 valence electrons. The van der Waals surface area contributed by atoms with Gasteiger partial charge in [0.05, 0.1) is 25.8 Å². The van der Waals surface area contributed by atoms with E-state index in [4.69, 9.17) is 9.47 Å². The van der Waals surface area contributed by atoms with Gasteiger partial charge in [0.2, 0.25) is 5.88 Å². The summed E-state index contributed by atoms with van der Waals surface area (Å²) in [7, 11) is 3.06. The van der Waals surface area contributed by atoms with Crippen molar-refractivity contribution < 1.29 is 9.47 Å². The van der Waals surface area contributed by atoms with Crippen LogP contribution in [0.3, 0.4) is 0 Å². The number of rotatable bonds is 5. The van der Waals surface area contributed by atoms with Crippen LogP contribution in [0.1, 0.15) is 26.7 Å². The van der Waals surface area contributed by atoms with Gasteiger partial charge in [-0.2, -0.15) is 4.98 Å². The summed E-state index contributed by atoms with van der Waals surface area (Å²) < 4.78 is 12.1. The van der Waals surface area contributed by atoms with Gasteiger partial charge in [0.25, 0.3) is 0 Å². The van der Waals surface area contributed by atoms with Gasteiger partial charge in [-0.15, -0.1) is 5.10 Å². The van der Waals surface area contributed by atoms with Gasteiger partial charge in [-0.1, -0.05) is 13.8 Å². The van der Waals surface area contributed by atoms with Crippen LogP contribution >= 0.6 is 0 Å². The average molecular weight is 369 g/mol. The standard InChI is InChI=1S/C18H23N7O2/c1-5-18(2)6-7-24(10-18)15-12-9-25(23-14(12)20-11-21-15)13-8-19-17(27-4)22-16(13)26-3/h8-9,11H,5-7,10H2,1-4H3. The number of nitrogens with zero attached hydrogens (tertiary/aromatic N) is 7. The zero-order valence-corrected chi connectivity index (χ0v) is 16.0. The number of fused-ring (bicyclic) bond motifs is 1. The van der Waals surface area contributed by atoms with E-state index in [0.717, 1.165) is 37.1 Å². The Morgan fingerprint density at radius 3 is 2.74 bits per heavy atom. The molecule has 9 nitrogen and oxygen atoms in total. The summed E-state index contributed by atoms with van der Waals surface area (Å²) in [5, 5.41) is 5.47. The lowest BCUT2D eigenvalue weighted by Gasteiger charge is -2.23. The zero-order chi connectivity index (χ0) is 19.0. The molecule has 3 aromatic rings. The molecule has 9 heteroatoms. The van der Waals surface area contributed by atoms with E-state index in [2.05, 4.69) is 43.8 Å². The second-order valence-electron chi connectivity index (χ2n) is 7.10. The van der Waals surface area contributed by atoms with Crippen molar-refractivity contribution in [2.75, 3.05) is 32.2 Å². The summed E-state index contributed by atoms with van der Waals surface area (Å²) in [6, 6.07) is 0.240. The number of anilines is 1. The maximum atomic E-state index is 5.37. The minimum absolute atomic E-state index is 0.240. The Kier molecular flexibility index (Phi) is 4.29. The molecule has 0 aliphatic carbocycles. The predicted molar refractivity (Wildman–Crippen MR) is 101 cm³/mol. The Balaban J connectivity index is 1.76. The quantitative estimate of drug-likeness (QED) is 0.676. The fourth-order valence-corrected chi connectivity index (χ4v) is 3.44. The summed E-state index contributed by atoms with van der Waals surface area (Å²) in [5.41, 5.74) is 1.56. The van der Waals surface area contributed by atoms with Gasteiger partial charge >= 0.3 is 6.01 Å². The molecule has 27 heavy (non-hydrogen) atoms. The van der Waals surface area contributed by atoms with Crippen molar-refractivity contribution in [3.63, 3.8) is 0 Å². The summed E-state index contributed by atoms with van der Waals surface area (Å²) in [6.07, 6.45) is 7.40. The molecule has 1 aliphatic rings. The van der Waals surface area contributed by atoms with Crippen LogP contribution in [0.2, 0.25) is 0 Å². The highest BCUT2D eigenvalue weighted by molar-refractivity contribution is 5.87. The molecule has 0 saturated carbocycles. The molecular weight excluding hydrogens is 346 g/mol. The number of hydrogen-bond donors (Lipinski definition) is 0. The lowest BCUT2D eigenvalue weighted by molar-refractivity contribution is 0.350. The molecule has 0 bridgehead atoms. The molecule has 1 unspecified atom stereocenters.